The van der Waals surface area contributed by atoms with Gasteiger partial charge in [0.15, 0.2) is 0 Å². The van der Waals surface area contributed by atoms with Gasteiger partial charge in [0, 0.05) is 12.1 Å². The fraction of sp³-hybridized carbons (Fsp3) is 0.444. The predicted molar refractivity (Wildman–Crippen MR) is 87.3 cm³/mol. The lowest BCUT2D eigenvalue weighted by Crippen LogP contribution is -2.26. The number of ether oxygens (including phenoxy) is 1. The SMILES string of the molecule is Cc1cccc(C(C)c2cn(C(=O)OC(C)(C)C)cn2)c1C. The highest BCUT2D eigenvalue weighted by Crippen LogP contribution is 2.27. The molecule has 22 heavy (non-hydrogen) atoms. The number of hydrogen-bond donors (Lipinski definition) is 0. The third-order valence-electron chi connectivity index (χ3n) is 3.76. The molecule has 0 spiro atoms. The molecule has 4 heteroatoms. The minimum absolute atomic E-state index is 0.128. The zero-order valence-corrected chi connectivity index (χ0v) is 14.2. The zero-order valence-electron chi connectivity index (χ0n) is 14.2. The molecule has 1 aromatic heterocycles. The highest BCUT2D eigenvalue weighted by Gasteiger charge is 2.20. The van der Waals surface area contributed by atoms with Crippen molar-refractivity contribution in [3.05, 3.63) is 53.1 Å². The minimum atomic E-state index is -0.514. The molecule has 0 aliphatic carbocycles. The van der Waals surface area contributed by atoms with Crippen LogP contribution in [-0.4, -0.2) is 21.2 Å². The molecule has 0 aliphatic rings. The van der Waals surface area contributed by atoms with Gasteiger partial charge in [-0.2, -0.15) is 0 Å². The maximum Gasteiger partial charge on any atom is 0.419 e. The average molecular weight is 300 g/mol. The van der Waals surface area contributed by atoms with Crippen LogP contribution in [0.5, 0.6) is 0 Å². The van der Waals surface area contributed by atoms with Crippen molar-refractivity contribution < 1.29 is 9.53 Å². The van der Waals surface area contributed by atoms with Gasteiger partial charge in [0.1, 0.15) is 11.9 Å². The van der Waals surface area contributed by atoms with E-state index in [1.54, 1.807) is 6.20 Å². The number of benzene rings is 1. The van der Waals surface area contributed by atoms with Crippen LogP contribution in [0.15, 0.2) is 30.7 Å². The largest absolute Gasteiger partial charge is 0.443 e. The van der Waals surface area contributed by atoms with Gasteiger partial charge in [-0.05, 0) is 51.3 Å². The summed E-state index contributed by atoms with van der Waals surface area (Å²) in [5.41, 5.74) is 4.10. The van der Waals surface area contributed by atoms with Crippen LogP contribution in [-0.2, 0) is 4.74 Å². The lowest BCUT2D eigenvalue weighted by atomic mass is 9.92. The van der Waals surface area contributed by atoms with E-state index < -0.39 is 11.7 Å². The molecule has 0 amide bonds. The van der Waals surface area contributed by atoms with Crippen molar-refractivity contribution in [2.75, 3.05) is 0 Å². The quantitative estimate of drug-likeness (QED) is 0.824. The Balaban J connectivity index is 2.24. The van der Waals surface area contributed by atoms with Crippen LogP contribution >= 0.6 is 0 Å². The van der Waals surface area contributed by atoms with Crippen molar-refractivity contribution in [2.24, 2.45) is 0 Å². The summed E-state index contributed by atoms with van der Waals surface area (Å²) in [7, 11) is 0. The van der Waals surface area contributed by atoms with Crippen LogP contribution in [0.4, 0.5) is 4.79 Å². The fourth-order valence-corrected chi connectivity index (χ4v) is 2.38. The molecule has 0 N–H and O–H groups in total. The fourth-order valence-electron chi connectivity index (χ4n) is 2.38. The molecule has 0 aliphatic heterocycles. The van der Waals surface area contributed by atoms with Crippen LogP contribution in [0, 0.1) is 13.8 Å². The molecule has 2 aromatic rings. The predicted octanol–water partition coefficient (Wildman–Crippen LogP) is 4.43. The summed E-state index contributed by atoms with van der Waals surface area (Å²) in [5, 5.41) is 0. The Morgan fingerprint density at radius 2 is 1.95 bits per heavy atom. The van der Waals surface area contributed by atoms with Crippen LogP contribution in [0.1, 0.15) is 56.0 Å². The number of aromatic nitrogens is 2. The second kappa shape index (κ2) is 5.95. The minimum Gasteiger partial charge on any atom is -0.443 e. The van der Waals surface area contributed by atoms with Gasteiger partial charge in [0.2, 0.25) is 0 Å². The van der Waals surface area contributed by atoms with E-state index in [2.05, 4.69) is 44.0 Å². The highest BCUT2D eigenvalue weighted by atomic mass is 16.6. The lowest BCUT2D eigenvalue weighted by Gasteiger charge is -2.19. The Morgan fingerprint density at radius 3 is 2.59 bits per heavy atom. The number of hydrogen-bond acceptors (Lipinski definition) is 3. The molecule has 0 saturated heterocycles. The molecule has 1 heterocycles. The van der Waals surface area contributed by atoms with Crippen LogP contribution in [0.25, 0.3) is 0 Å². The Bertz CT molecular complexity index is 681. The number of carbonyl (C=O) groups is 1. The number of carbonyl (C=O) groups excluding carboxylic acids is 1. The van der Waals surface area contributed by atoms with Crippen molar-refractivity contribution in [3.63, 3.8) is 0 Å². The van der Waals surface area contributed by atoms with Crippen molar-refractivity contribution in [2.45, 2.75) is 53.1 Å². The van der Waals surface area contributed by atoms with Gasteiger partial charge < -0.3 is 4.74 Å². The van der Waals surface area contributed by atoms with Crippen molar-refractivity contribution in [3.8, 4) is 0 Å². The smallest absolute Gasteiger partial charge is 0.419 e. The molecular formula is C18H24N2O2. The topological polar surface area (TPSA) is 44.1 Å². The van der Waals surface area contributed by atoms with Gasteiger partial charge in [0.25, 0.3) is 0 Å². The number of aryl methyl sites for hydroxylation is 1. The van der Waals surface area contributed by atoms with Gasteiger partial charge in [0.05, 0.1) is 5.69 Å². The first-order valence-corrected chi connectivity index (χ1v) is 7.52. The Labute approximate surface area is 132 Å². The first-order valence-electron chi connectivity index (χ1n) is 7.52. The Hall–Kier alpha value is -2.10. The summed E-state index contributed by atoms with van der Waals surface area (Å²) < 4.78 is 6.75. The van der Waals surface area contributed by atoms with E-state index in [4.69, 9.17) is 4.74 Å². The maximum absolute atomic E-state index is 12.1. The zero-order chi connectivity index (χ0) is 16.5. The van der Waals surface area contributed by atoms with E-state index in [1.165, 1.54) is 27.6 Å². The number of nitrogens with zero attached hydrogens (tertiary/aromatic N) is 2. The summed E-state index contributed by atoms with van der Waals surface area (Å²) in [4.78, 5) is 16.4. The van der Waals surface area contributed by atoms with Crippen LogP contribution in [0.3, 0.4) is 0 Å². The van der Waals surface area contributed by atoms with Gasteiger partial charge in [-0.15, -0.1) is 0 Å². The van der Waals surface area contributed by atoms with Crippen molar-refractivity contribution in [1.29, 1.82) is 0 Å². The van der Waals surface area contributed by atoms with Crippen molar-refractivity contribution >= 4 is 6.09 Å². The average Bonchev–Trinajstić information content (AvgIpc) is 2.89. The first kappa shape index (κ1) is 16.3. The van der Waals surface area contributed by atoms with Gasteiger partial charge in [-0.3, -0.25) is 0 Å². The molecule has 1 aromatic carbocycles. The summed E-state index contributed by atoms with van der Waals surface area (Å²) in [6.45, 7) is 11.9. The second-order valence-corrected chi connectivity index (χ2v) is 6.70. The van der Waals surface area contributed by atoms with Crippen LogP contribution in [0.2, 0.25) is 0 Å². The van der Waals surface area contributed by atoms with E-state index in [0.717, 1.165) is 5.69 Å². The monoisotopic (exact) mass is 300 g/mol. The molecule has 0 saturated carbocycles. The molecule has 1 unspecified atom stereocenters. The molecule has 1 atom stereocenters. The molecule has 118 valence electrons. The van der Waals surface area contributed by atoms with Gasteiger partial charge >= 0.3 is 6.09 Å². The van der Waals surface area contributed by atoms with Crippen LogP contribution < -0.4 is 0 Å². The highest BCUT2D eigenvalue weighted by molar-refractivity contribution is 5.70. The van der Waals surface area contributed by atoms with E-state index >= 15 is 0 Å². The summed E-state index contributed by atoms with van der Waals surface area (Å²) >= 11 is 0. The normalized spacial score (nSPS) is 13.0. The molecule has 0 bridgehead atoms. The maximum atomic E-state index is 12.1. The van der Waals surface area contributed by atoms with E-state index in [1.807, 2.05) is 20.8 Å². The van der Waals surface area contributed by atoms with E-state index in [-0.39, 0.29) is 5.92 Å². The first-order chi connectivity index (χ1) is 10.2. The Morgan fingerprint density at radius 1 is 1.27 bits per heavy atom. The number of rotatable bonds is 2. The summed E-state index contributed by atoms with van der Waals surface area (Å²) in [6.07, 6.45) is 2.87. The lowest BCUT2D eigenvalue weighted by molar-refractivity contribution is 0.0536. The molecule has 2 rings (SSSR count). The molecule has 0 fully saturated rings. The van der Waals surface area contributed by atoms with Gasteiger partial charge in [-0.25, -0.2) is 14.3 Å². The molecular weight excluding hydrogens is 276 g/mol. The van der Waals surface area contributed by atoms with E-state index in [0.29, 0.717) is 0 Å². The van der Waals surface area contributed by atoms with E-state index in [9.17, 15) is 4.79 Å². The third kappa shape index (κ3) is 3.56. The van der Waals surface area contributed by atoms with Gasteiger partial charge in [-0.1, -0.05) is 25.1 Å². The second-order valence-electron chi connectivity index (χ2n) is 6.70. The molecule has 0 radical (unpaired) electrons. The molecule has 4 nitrogen and oxygen atoms in total. The summed E-state index contributed by atoms with van der Waals surface area (Å²) in [5.74, 6) is 0.128. The van der Waals surface area contributed by atoms with Crippen molar-refractivity contribution in [1.82, 2.24) is 9.55 Å². The Kier molecular flexibility index (Phi) is 4.40. The third-order valence-corrected chi connectivity index (χ3v) is 3.76. The number of imidazole rings is 1. The standard InChI is InChI=1S/C18H24N2O2/c1-12-8-7-9-15(13(12)2)14(3)16-10-20(11-19-16)17(21)22-18(4,5)6/h7-11,14H,1-6H3. The summed E-state index contributed by atoms with van der Waals surface area (Å²) in [6, 6.07) is 6.27.